The van der Waals surface area contributed by atoms with Crippen molar-refractivity contribution in [2.45, 2.75) is 25.4 Å². The molecule has 0 saturated heterocycles. The molecular weight excluding hydrogens is 547 g/mol. The number of benzene rings is 2. The number of para-hydroxylation sites is 1. The van der Waals surface area contributed by atoms with E-state index in [1.165, 1.54) is 43.4 Å². The van der Waals surface area contributed by atoms with E-state index in [0.29, 0.717) is 9.59 Å². The molecule has 0 unspecified atom stereocenters. The molecule has 0 saturated carbocycles. The number of carboxylic acids is 1. The van der Waals surface area contributed by atoms with Crippen molar-refractivity contribution in [3.05, 3.63) is 81.3 Å². The lowest BCUT2D eigenvalue weighted by Gasteiger charge is -2.15. The minimum absolute atomic E-state index is 0.0843. The van der Waals surface area contributed by atoms with Crippen molar-refractivity contribution >= 4 is 23.5 Å². The summed E-state index contributed by atoms with van der Waals surface area (Å²) in [5.74, 6) is -3.04. The van der Waals surface area contributed by atoms with Gasteiger partial charge in [0.05, 0.1) is 17.8 Å². The number of hydrogen-bond acceptors (Lipinski definition) is 7. The van der Waals surface area contributed by atoms with Gasteiger partial charge in [0.25, 0.3) is 5.91 Å². The van der Waals surface area contributed by atoms with Crippen LogP contribution in [0.2, 0.25) is 5.02 Å². The maximum Gasteiger partial charge on any atom is 0.416 e. The molecular formula is C23H19ClF3N7O5. The molecule has 39 heavy (non-hydrogen) atoms. The Hall–Kier alpha value is -4.50. The fourth-order valence-corrected chi connectivity index (χ4v) is 3.77. The van der Waals surface area contributed by atoms with Gasteiger partial charge in [-0.1, -0.05) is 23.7 Å². The number of aromatic carboxylic acids is 1. The minimum Gasteiger partial charge on any atom is -0.475 e. The van der Waals surface area contributed by atoms with Crippen molar-refractivity contribution in [2.75, 3.05) is 7.05 Å². The Balaban J connectivity index is 1.80. The summed E-state index contributed by atoms with van der Waals surface area (Å²) in [5.41, 5.74) is -0.635. The fourth-order valence-electron chi connectivity index (χ4n) is 3.64. The first-order chi connectivity index (χ1) is 18.4. The summed E-state index contributed by atoms with van der Waals surface area (Å²) in [7, 11) is 1.39. The van der Waals surface area contributed by atoms with E-state index < -0.39 is 48.8 Å². The van der Waals surface area contributed by atoms with Crippen molar-refractivity contribution in [1.82, 2.24) is 34.4 Å². The van der Waals surface area contributed by atoms with Gasteiger partial charge in [-0.2, -0.15) is 13.2 Å². The van der Waals surface area contributed by atoms with Crippen molar-refractivity contribution in [3.8, 4) is 17.1 Å². The van der Waals surface area contributed by atoms with Crippen LogP contribution in [0.15, 0.2) is 53.3 Å². The van der Waals surface area contributed by atoms with Crippen LogP contribution in [-0.2, 0) is 13.1 Å². The number of nitrogens with zero attached hydrogens (tertiary/aromatic N) is 6. The highest BCUT2D eigenvalue weighted by molar-refractivity contribution is 6.30. The third-order valence-corrected chi connectivity index (χ3v) is 5.75. The van der Waals surface area contributed by atoms with E-state index in [0.717, 1.165) is 9.36 Å². The molecule has 0 fully saturated rings. The smallest absolute Gasteiger partial charge is 0.416 e. The number of rotatable bonds is 8. The molecule has 0 aliphatic carbocycles. The third-order valence-electron chi connectivity index (χ3n) is 5.50. The standard InChI is InChI=1S/C23H19ClF3N7O5/c1-28-20(36)14-4-2-3-5-15(14)34-19(21(37)38)29-17(30-34)11-33-22(39)32(10-16(35)23(25,26)27)18(31-33)12-6-8-13(24)9-7-12/h2-9,16,35H,10-11H2,1H3,(H,28,36)(H,37,38)/t16-/m0/s1. The lowest BCUT2D eigenvalue weighted by Crippen LogP contribution is -2.37. The summed E-state index contributed by atoms with van der Waals surface area (Å²) < 4.78 is 41.5. The second-order valence-corrected chi connectivity index (χ2v) is 8.54. The van der Waals surface area contributed by atoms with Crippen molar-refractivity contribution in [1.29, 1.82) is 0 Å². The summed E-state index contributed by atoms with van der Waals surface area (Å²) in [4.78, 5) is 41.2. The maximum atomic E-state index is 13.1. The van der Waals surface area contributed by atoms with Crippen LogP contribution in [0.4, 0.5) is 13.2 Å². The predicted octanol–water partition coefficient (Wildman–Crippen LogP) is 1.98. The van der Waals surface area contributed by atoms with E-state index >= 15 is 0 Å². The summed E-state index contributed by atoms with van der Waals surface area (Å²) >= 11 is 5.89. The quantitative estimate of drug-likeness (QED) is 0.293. The maximum absolute atomic E-state index is 13.1. The number of hydrogen-bond donors (Lipinski definition) is 3. The van der Waals surface area contributed by atoms with Gasteiger partial charge in [0, 0.05) is 17.6 Å². The average molecular weight is 566 g/mol. The molecule has 2 heterocycles. The van der Waals surface area contributed by atoms with Crippen LogP contribution < -0.4 is 11.0 Å². The van der Waals surface area contributed by atoms with E-state index in [9.17, 15) is 37.8 Å². The number of carbonyl (C=O) groups excluding carboxylic acids is 1. The van der Waals surface area contributed by atoms with Gasteiger partial charge in [0.2, 0.25) is 5.82 Å². The fraction of sp³-hybridized carbons (Fsp3) is 0.217. The predicted molar refractivity (Wildman–Crippen MR) is 130 cm³/mol. The van der Waals surface area contributed by atoms with E-state index in [2.05, 4.69) is 20.5 Å². The van der Waals surface area contributed by atoms with Crippen LogP contribution >= 0.6 is 11.6 Å². The number of carbonyl (C=O) groups is 2. The van der Waals surface area contributed by atoms with E-state index in [4.69, 9.17) is 11.6 Å². The van der Waals surface area contributed by atoms with Crippen LogP contribution in [-0.4, -0.2) is 70.5 Å². The first kappa shape index (κ1) is 27.5. The second-order valence-electron chi connectivity index (χ2n) is 8.10. The highest BCUT2D eigenvalue weighted by atomic mass is 35.5. The summed E-state index contributed by atoms with van der Waals surface area (Å²) in [5, 5.41) is 30.3. The molecule has 0 spiro atoms. The first-order valence-corrected chi connectivity index (χ1v) is 11.5. The van der Waals surface area contributed by atoms with Crippen LogP contribution in [0.1, 0.15) is 26.8 Å². The molecule has 16 heteroatoms. The van der Waals surface area contributed by atoms with Gasteiger partial charge in [-0.05, 0) is 36.4 Å². The topological polar surface area (TPSA) is 157 Å². The van der Waals surface area contributed by atoms with Crippen molar-refractivity contribution in [2.24, 2.45) is 0 Å². The Morgan fingerprint density at radius 3 is 2.38 bits per heavy atom. The molecule has 12 nitrogen and oxygen atoms in total. The van der Waals surface area contributed by atoms with Crippen molar-refractivity contribution < 1.29 is 33.0 Å². The van der Waals surface area contributed by atoms with Gasteiger partial charge in [-0.25, -0.2) is 23.9 Å². The Morgan fingerprint density at radius 1 is 1.10 bits per heavy atom. The molecule has 4 aromatic rings. The van der Waals surface area contributed by atoms with Gasteiger partial charge >= 0.3 is 17.8 Å². The Bertz CT molecular complexity index is 1590. The normalized spacial score (nSPS) is 12.4. The molecule has 204 valence electrons. The lowest BCUT2D eigenvalue weighted by atomic mass is 10.1. The molecule has 1 amide bonds. The van der Waals surface area contributed by atoms with E-state index in [1.807, 2.05) is 0 Å². The Kier molecular flexibility index (Phi) is 7.56. The van der Waals surface area contributed by atoms with Gasteiger partial charge in [-0.15, -0.1) is 10.2 Å². The number of alkyl halides is 3. The number of aliphatic hydroxyl groups is 1. The van der Waals surface area contributed by atoms with Gasteiger partial charge in [0.1, 0.15) is 6.54 Å². The molecule has 0 aliphatic heterocycles. The zero-order valence-electron chi connectivity index (χ0n) is 19.9. The number of carboxylic acid groups (broad SMARTS) is 1. The van der Waals surface area contributed by atoms with Gasteiger partial charge < -0.3 is 15.5 Å². The number of nitrogens with one attached hydrogen (secondary N) is 1. The number of aliphatic hydroxyl groups excluding tert-OH is 1. The van der Waals surface area contributed by atoms with Crippen LogP contribution in [0.5, 0.6) is 0 Å². The number of halogens is 4. The Labute approximate surface area is 221 Å². The molecule has 2 aromatic heterocycles. The third kappa shape index (κ3) is 5.68. The second kappa shape index (κ2) is 10.7. The monoisotopic (exact) mass is 565 g/mol. The molecule has 4 rings (SSSR count). The molecule has 0 bridgehead atoms. The highest BCUT2D eigenvalue weighted by Gasteiger charge is 2.39. The van der Waals surface area contributed by atoms with E-state index in [1.54, 1.807) is 12.1 Å². The summed E-state index contributed by atoms with van der Waals surface area (Å²) in [6.07, 6.45) is -7.87. The summed E-state index contributed by atoms with van der Waals surface area (Å²) in [6.45, 7) is -1.69. The number of aromatic nitrogens is 6. The lowest BCUT2D eigenvalue weighted by molar-refractivity contribution is -0.207. The SMILES string of the molecule is CNC(=O)c1ccccc1-n1nc(Cn2nc(-c3ccc(Cl)cc3)n(C[C@H](O)C(F)(F)F)c2=O)nc1C(=O)O. The number of amides is 1. The molecule has 0 radical (unpaired) electrons. The van der Waals surface area contributed by atoms with Crippen LogP contribution in [0.25, 0.3) is 17.1 Å². The zero-order valence-corrected chi connectivity index (χ0v) is 20.7. The highest BCUT2D eigenvalue weighted by Crippen LogP contribution is 2.24. The van der Waals surface area contributed by atoms with Crippen LogP contribution in [0, 0.1) is 0 Å². The molecule has 3 N–H and O–H groups in total. The van der Waals surface area contributed by atoms with Gasteiger partial charge in [-0.3, -0.25) is 9.36 Å². The largest absolute Gasteiger partial charge is 0.475 e. The van der Waals surface area contributed by atoms with Crippen LogP contribution in [0.3, 0.4) is 0 Å². The Morgan fingerprint density at radius 2 is 1.77 bits per heavy atom. The van der Waals surface area contributed by atoms with Crippen molar-refractivity contribution in [3.63, 3.8) is 0 Å². The molecule has 0 aliphatic rings. The molecule has 2 aromatic carbocycles. The zero-order chi connectivity index (χ0) is 28.5. The first-order valence-electron chi connectivity index (χ1n) is 11.1. The summed E-state index contributed by atoms with van der Waals surface area (Å²) in [6, 6.07) is 11.7. The minimum atomic E-state index is -5.01. The average Bonchev–Trinajstić information content (AvgIpc) is 3.45. The van der Waals surface area contributed by atoms with Gasteiger partial charge in [0.15, 0.2) is 17.8 Å². The van der Waals surface area contributed by atoms with E-state index in [-0.39, 0.29) is 28.5 Å². The molecule has 1 atom stereocenters.